The van der Waals surface area contributed by atoms with Crippen molar-refractivity contribution in [3.8, 4) is 0 Å². The minimum absolute atomic E-state index is 0.0380. The summed E-state index contributed by atoms with van der Waals surface area (Å²) >= 11 is 0. The Hall–Kier alpha value is -3.59. The van der Waals surface area contributed by atoms with E-state index in [4.69, 9.17) is 0 Å². The lowest BCUT2D eigenvalue weighted by molar-refractivity contribution is 0.0844. The Morgan fingerprint density at radius 3 is 2.28 bits per heavy atom. The highest BCUT2D eigenvalue weighted by Gasteiger charge is 2.22. The van der Waals surface area contributed by atoms with Gasteiger partial charge in [0.2, 0.25) is 0 Å². The highest BCUT2D eigenvalue weighted by Crippen LogP contribution is 2.23. The maximum Gasteiger partial charge on any atom is 0.286 e. The molecule has 3 aromatic rings. The second-order valence-electron chi connectivity index (χ2n) is 6.33. The lowest BCUT2D eigenvalue weighted by Crippen LogP contribution is -2.41. The third kappa shape index (κ3) is 4.46. The van der Waals surface area contributed by atoms with Crippen molar-refractivity contribution in [3.05, 3.63) is 83.7 Å². The van der Waals surface area contributed by atoms with Crippen LogP contribution in [-0.2, 0) is 10.0 Å². The number of anilines is 1. The zero-order chi connectivity index (χ0) is 21.0. The number of nitrogens with zero attached hydrogens (tertiary/aromatic N) is 1. The fourth-order valence-corrected chi connectivity index (χ4v) is 3.82. The van der Waals surface area contributed by atoms with Gasteiger partial charge in [0.15, 0.2) is 0 Å². The van der Waals surface area contributed by atoms with Crippen LogP contribution in [0.1, 0.15) is 26.4 Å². The molecule has 2 aromatic carbocycles. The number of carbonyl (C=O) groups excluding carboxylic acids is 2. The van der Waals surface area contributed by atoms with Crippen LogP contribution in [0.3, 0.4) is 0 Å². The molecule has 2 amide bonds. The van der Waals surface area contributed by atoms with E-state index in [2.05, 4.69) is 15.8 Å². The number of carbonyl (C=O) groups is 2. The number of amides is 2. The molecule has 9 heteroatoms. The Morgan fingerprint density at radius 2 is 1.62 bits per heavy atom. The minimum atomic E-state index is -3.87. The number of rotatable bonds is 5. The van der Waals surface area contributed by atoms with Crippen LogP contribution in [0.5, 0.6) is 0 Å². The summed E-state index contributed by atoms with van der Waals surface area (Å²) in [5, 5.41) is 0. The van der Waals surface area contributed by atoms with Gasteiger partial charge in [0.25, 0.3) is 21.8 Å². The molecule has 0 aliphatic carbocycles. The van der Waals surface area contributed by atoms with E-state index in [9.17, 15) is 18.0 Å². The highest BCUT2D eigenvalue weighted by molar-refractivity contribution is 7.92. The Kier molecular flexibility index (Phi) is 5.69. The number of nitrogens with one attached hydrogen (secondary N) is 3. The summed E-state index contributed by atoms with van der Waals surface area (Å²) in [4.78, 5) is 26.9. The number of benzene rings is 2. The van der Waals surface area contributed by atoms with Crippen molar-refractivity contribution in [2.24, 2.45) is 0 Å². The maximum absolute atomic E-state index is 12.9. The number of hydrogen-bond donors (Lipinski definition) is 3. The SMILES string of the molecule is Cc1ccc(N(C)S(=O)(=O)c2cccc(C(=O)NNC(=O)c3ccc[nH]3)c2)cc1. The topological polar surface area (TPSA) is 111 Å². The summed E-state index contributed by atoms with van der Waals surface area (Å²) in [7, 11) is -2.42. The number of aromatic amines is 1. The molecule has 0 unspecified atom stereocenters. The Bertz CT molecular complexity index is 1120. The Labute approximate surface area is 168 Å². The third-order valence-electron chi connectivity index (χ3n) is 4.28. The predicted molar refractivity (Wildman–Crippen MR) is 109 cm³/mol. The summed E-state index contributed by atoms with van der Waals surface area (Å²) in [5.41, 5.74) is 6.42. The highest BCUT2D eigenvalue weighted by atomic mass is 32.2. The van der Waals surface area contributed by atoms with Crippen molar-refractivity contribution in [1.29, 1.82) is 0 Å². The molecular formula is C20H20N4O4S. The first-order valence-corrected chi connectivity index (χ1v) is 10.1. The molecule has 0 fully saturated rings. The van der Waals surface area contributed by atoms with Gasteiger partial charge in [-0.05, 0) is 49.4 Å². The first kappa shape index (κ1) is 20.2. The normalized spacial score (nSPS) is 11.0. The van der Waals surface area contributed by atoms with Crippen LogP contribution >= 0.6 is 0 Å². The lowest BCUT2D eigenvalue weighted by Gasteiger charge is -2.20. The average Bonchev–Trinajstić information content (AvgIpc) is 3.27. The van der Waals surface area contributed by atoms with Crippen molar-refractivity contribution in [3.63, 3.8) is 0 Å². The first-order valence-electron chi connectivity index (χ1n) is 8.69. The number of aromatic nitrogens is 1. The summed E-state index contributed by atoms with van der Waals surface area (Å²) in [6.07, 6.45) is 1.58. The first-order chi connectivity index (χ1) is 13.8. The molecule has 0 saturated heterocycles. The quantitative estimate of drug-likeness (QED) is 0.558. The summed E-state index contributed by atoms with van der Waals surface area (Å²) in [5.74, 6) is -1.16. The molecule has 0 aliphatic rings. The minimum Gasteiger partial charge on any atom is -0.357 e. The number of aryl methyl sites for hydroxylation is 1. The van der Waals surface area contributed by atoms with Crippen LogP contribution in [0.25, 0.3) is 0 Å². The fourth-order valence-electron chi connectivity index (χ4n) is 2.57. The van der Waals surface area contributed by atoms with Crippen LogP contribution in [0, 0.1) is 6.92 Å². The second-order valence-corrected chi connectivity index (χ2v) is 8.30. The van der Waals surface area contributed by atoms with Gasteiger partial charge in [0.05, 0.1) is 10.6 Å². The third-order valence-corrected chi connectivity index (χ3v) is 6.07. The van der Waals surface area contributed by atoms with Gasteiger partial charge in [-0.1, -0.05) is 23.8 Å². The Balaban J connectivity index is 1.76. The number of hydrogen-bond acceptors (Lipinski definition) is 4. The maximum atomic E-state index is 12.9. The molecule has 0 aliphatic heterocycles. The van der Waals surface area contributed by atoms with E-state index in [0.29, 0.717) is 5.69 Å². The molecule has 8 nitrogen and oxygen atoms in total. The largest absolute Gasteiger partial charge is 0.357 e. The van der Waals surface area contributed by atoms with E-state index in [1.807, 2.05) is 19.1 Å². The van der Waals surface area contributed by atoms with Gasteiger partial charge in [-0.3, -0.25) is 24.7 Å². The van der Waals surface area contributed by atoms with Crippen LogP contribution < -0.4 is 15.2 Å². The zero-order valence-electron chi connectivity index (χ0n) is 15.8. The van der Waals surface area contributed by atoms with Crippen LogP contribution in [0.2, 0.25) is 0 Å². The van der Waals surface area contributed by atoms with Gasteiger partial charge in [0, 0.05) is 18.8 Å². The van der Waals surface area contributed by atoms with E-state index in [0.717, 1.165) is 9.87 Å². The van der Waals surface area contributed by atoms with Gasteiger partial charge in [-0.25, -0.2) is 8.42 Å². The van der Waals surface area contributed by atoms with E-state index < -0.39 is 21.8 Å². The molecule has 150 valence electrons. The summed E-state index contributed by atoms with van der Waals surface area (Å²) in [6.45, 7) is 1.91. The molecule has 1 aromatic heterocycles. The van der Waals surface area contributed by atoms with Gasteiger partial charge < -0.3 is 4.98 Å². The van der Waals surface area contributed by atoms with Crippen LogP contribution in [0.15, 0.2) is 71.8 Å². The number of H-pyrrole nitrogens is 1. The van der Waals surface area contributed by atoms with Gasteiger partial charge in [0.1, 0.15) is 5.69 Å². The fraction of sp³-hybridized carbons (Fsp3) is 0.100. The van der Waals surface area contributed by atoms with Crippen molar-refractivity contribution in [2.45, 2.75) is 11.8 Å². The van der Waals surface area contributed by atoms with Gasteiger partial charge in [-0.2, -0.15) is 0 Å². The molecule has 1 heterocycles. The van der Waals surface area contributed by atoms with Crippen molar-refractivity contribution in [1.82, 2.24) is 15.8 Å². The molecule has 0 saturated carbocycles. The molecule has 0 bridgehead atoms. The van der Waals surface area contributed by atoms with Crippen molar-refractivity contribution in [2.75, 3.05) is 11.4 Å². The predicted octanol–water partition coefficient (Wildman–Crippen LogP) is 2.22. The number of hydrazine groups is 1. The lowest BCUT2D eigenvalue weighted by atomic mass is 10.2. The molecule has 0 radical (unpaired) electrons. The van der Waals surface area contributed by atoms with Gasteiger partial charge >= 0.3 is 0 Å². The molecule has 0 atom stereocenters. The molecule has 3 N–H and O–H groups in total. The smallest absolute Gasteiger partial charge is 0.286 e. The molecule has 29 heavy (non-hydrogen) atoms. The standard InChI is InChI=1S/C20H20N4O4S/c1-14-8-10-16(11-9-14)24(2)29(27,28)17-6-3-5-15(13-17)19(25)22-23-20(26)18-7-4-12-21-18/h3-13,21H,1-2H3,(H,22,25)(H,23,26). The zero-order valence-corrected chi connectivity index (χ0v) is 16.7. The van der Waals surface area contributed by atoms with Crippen molar-refractivity contribution < 1.29 is 18.0 Å². The average molecular weight is 412 g/mol. The van der Waals surface area contributed by atoms with E-state index >= 15 is 0 Å². The summed E-state index contributed by atoms with van der Waals surface area (Å²) in [6, 6.07) is 15.9. The Morgan fingerprint density at radius 1 is 0.931 bits per heavy atom. The van der Waals surface area contributed by atoms with Gasteiger partial charge in [-0.15, -0.1) is 0 Å². The van der Waals surface area contributed by atoms with E-state index in [-0.39, 0.29) is 16.2 Å². The van der Waals surface area contributed by atoms with E-state index in [1.165, 1.54) is 31.3 Å². The molecule has 0 spiro atoms. The monoisotopic (exact) mass is 412 g/mol. The van der Waals surface area contributed by atoms with E-state index in [1.54, 1.807) is 30.5 Å². The second kappa shape index (κ2) is 8.19. The molecule has 3 rings (SSSR count). The number of sulfonamides is 1. The van der Waals surface area contributed by atoms with Crippen LogP contribution in [-0.4, -0.2) is 32.3 Å². The summed E-state index contributed by atoms with van der Waals surface area (Å²) < 4.78 is 27.0. The van der Waals surface area contributed by atoms with Crippen LogP contribution in [0.4, 0.5) is 5.69 Å². The molecular weight excluding hydrogens is 392 g/mol. The van der Waals surface area contributed by atoms with Crippen molar-refractivity contribution >= 4 is 27.5 Å².